The quantitative estimate of drug-likeness (QED) is 0.260. The van der Waals surface area contributed by atoms with Gasteiger partial charge in [-0.3, -0.25) is 9.11 Å². The molecule has 0 aliphatic carbocycles. The molecule has 9 heteroatoms. The second kappa shape index (κ2) is 7.84. The van der Waals surface area contributed by atoms with Gasteiger partial charge in [-0.2, -0.15) is 20.6 Å². The molecule has 2 N–H and O–H groups in total. The molecule has 0 saturated heterocycles. The fraction of sp³-hybridized carbons (Fsp3) is 0. The summed E-state index contributed by atoms with van der Waals surface area (Å²) in [6, 6.07) is 4.28. The van der Waals surface area contributed by atoms with Gasteiger partial charge in [-0.25, -0.2) is 0 Å². The van der Waals surface area contributed by atoms with Crippen molar-refractivity contribution in [3.8, 4) is 0 Å². The van der Waals surface area contributed by atoms with E-state index in [0.29, 0.717) is 10.2 Å². The van der Waals surface area contributed by atoms with E-state index >= 15 is 0 Å². The smallest absolute Gasteiger partial charge is 0.371 e. The van der Waals surface area contributed by atoms with Crippen molar-refractivity contribution in [2.24, 2.45) is 0 Å². The van der Waals surface area contributed by atoms with Crippen LogP contribution in [-0.4, -0.2) is 22.5 Å². The molecule has 14 heavy (non-hydrogen) atoms. The molecule has 0 atom stereocenters. The maximum absolute atomic E-state index is 8.74. The van der Waals surface area contributed by atoms with E-state index in [1.807, 2.05) is 0 Å². The van der Waals surface area contributed by atoms with Crippen LogP contribution in [0.1, 0.15) is 0 Å². The van der Waals surface area contributed by atoms with Gasteiger partial charge in [0.2, 0.25) is 0 Å². The van der Waals surface area contributed by atoms with Crippen molar-refractivity contribution >= 4 is 33.6 Å². The summed E-state index contributed by atoms with van der Waals surface area (Å²) >= 11 is 10.9. The largest absolute Gasteiger partial charge is 1.00 e. The van der Waals surface area contributed by atoms with Gasteiger partial charge in [-0.1, -0.05) is 6.20 Å². The first kappa shape index (κ1) is 17.0. The van der Waals surface area contributed by atoms with Crippen LogP contribution in [-0.2, 0) is 10.4 Å². The topological polar surface area (TPSA) is 87.5 Å². The zero-order valence-corrected chi connectivity index (χ0v) is 11.3. The van der Waals surface area contributed by atoms with Crippen LogP contribution < -0.4 is 29.6 Å². The maximum atomic E-state index is 8.74. The molecular weight excluding hydrogens is 264 g/mol. The van der Waals surface area contributed by atoms with E-state index < -0.39 is 10.4 Å². The maximum Gasteiger partial charge on any atom is 1.00 e. The molecule has 74 valence electrons. The normalized spacial score (nSPS) is 9.43. The van der Waals surface area contributed by atoms with Gasteiger partial charge in [0.1, 0.15) is 0 Å². The summed E-state index contributed by atoms with van der Waals surface area (Å²) < 4.78 is 31.6. The molecule has 0 aliphatic heterocycles. The van der Waals surface area contributed by atoms with Crippen molar-refractivity contribution in [3.05, 3.63) is 28.5 Å². The second-order valence-corrected chi connectivity index (χ2v) is 3.27. The van der Waals surface area contributed by atoms with Gasteiger partial charge in [0.25, 0.3) is 0 Å². The third kappa shape index (κ3) is 12.6. The van der Waals surface area contributed by atoms with Gasteiger partial charge in [0, 0.05) is 5.15 Å². The molecule has 5 nitrogen and oxygen atoms in total. The van der Waals surface area contributed by atoms with Crippen LogP contribution in [0, 0.1) is 6.07 Å². The zero-order valence-electron chi connectivity index (χ0n) is 6.98. The van der Waals surface area contributed by atoms with Crippen LogP contribution in [0.2, 0.25) is 10.2 Å². The van der Waals surface area contributed by atoms with Gasteiger partial charge in [0.05, 0.1) is 0 Å². The minimum atomic E-state index is -4.67. The molecule has 1 heterocycles. The van der Waals surface area contributed by atoms with Gasteiger partial charge in [0.15, 0.2) is 0 Å². The first-order valence-corrected chi connectivity index (χ1v) is 4.83. The molecule has 0 radical (unpaired) electrons. The summed E-state index contributed by atoms with van der Waals surface area (Å²) in [5, 5.41) is 0.670. The predicted octanol–water partition coefficient (Wildman–Crippen LogP) is -1.46. The van der Waals surface area contributed by atoms with Crippen LogP contribution in [0.3, 0.4) is 0 Å². The van der Waals surface area contributed by atoms with Crippen LogP contribution >= 0.6 is 23.2 Å². The molecule has 0 aromatic carbocycles. The molecule has 1 rings (SSSR count). The van der Waals surface area contributed by atoms with E-state index in [1.54, 1.807) is 6.07 Å². The summed E-state index contributed by atoms with van der Waals surface area (Å²) in [6.07, 6.45) is 1.54. The second-order valence-electron chi connectivity index (χ2n) is 1.64. The Bertz CT molecular complexity index is 343. The molecule has 0 fully saturated rings. The number of hydrogen-bond acceptors (Lipinski definition) is 3. The van der Waals surface area contributed by atoms with E-state index in [4.69, 9.17) is 40.7 Å². The number of rotatable bonds is 0. The predicted molar refractivity (Wildman–Crippen MR) is 47.3 cm³/mol. The molecule has 1 aromatic rings. The van der Waals surface area contributed by atoms with Gasteiger partial charge < -0.3 is 4.98 Å². The Morgan fingerprint density at radius 3 is 2.00 bits per heavy atom. The molecule has 0 amide bonds. The monoisotopic (exact) mass is 267 g/mol. The molecule has 0 spiro atoms. The average Bonchev–Trinajstić information content (AvgIpc) is 1.92. The standard InChI is InChI=1S/C5H2Cl2N.Na.H2O4S/c6-4-2-1-3-8-5(4)7;;1-5(2,3)4/h1,3H;;(H2,1,2,3,4)/q-1;+1;. The summed E-state index contributed by atoms with van der Waals surface area (Å²) in [5.74, 6) is 0. The van der Waals surface area contributed by atoms with Crippen molar-refractivity contribution in [2.45, 2.75) is 0 Å². The van der Waals surface area contributed by atoms with Gasteiger partial charge in [-0.05, 0) is 5.02 Å². The molecule has 1 aromatic heterocycles. The summed E-state index contributed by atoms with van der Waals surface area (Å²) in [7, 11) is -4.67. The molecule has 0 saturated carbocycles. The number of pyridine rings is 1. The Balaban J connectivity index is 0. The molecular formula is C5H4Cl2NNaO4S. The Morgan fingerprint density at radius 2 is 1.79 bits per heavy atom. The number of nitrogens with zero attached hydrogens (tertiary/aromatic N) is 1. The van der Waals surface area contributed by atoms with E-state index in [9.17, 15) is 0 Å². The van der Waals surface area contributed by atoms with Crippen LogP contribution in [0.25, 0.3) is 0 Å². The Labute approximate surface area is 113 Å². The fourth-order valence-corrected chi connectivity index (χ4v) is 0.552. The Hall–Kier alpha value is 0.600. The summed E-state index contributed by atoms with van der Waals surface area (Å²) in [6.45, 7) is 0. The van der Waals surface area contributed by atoms with E-state index in [2.05, 4.69) is 11.1 Å². The Kier molecular flexibility index (Phi) is 9.52. The van der Waals surface area contributed by atoms with Gasteiger partial charge in [-0.15, -0.1) is 23.2 Å². The van der Waals surface area contributed by atoms with Crippen molar-refractivity contribution in [3.63, 3.8) is 0 Å². The first-order valence-electron chi connectivity index (χ1n) is 2.68. The number of aromatic nitrogens is 1. The minimum absolute atomic E-state index is 0. The van der Waals surface area contributed by atoms with E-state index in [0.717, 1.165) is 0 Å². The van der Waals surface area contributed by atoms with Crippen molar-refractivity contribution in [2.75, 3.05) is 0 Å². The number of halogens is 2. The summed E-state index contributed by atoms with van der Waals surface area (Å²) in [4.78, 5) is 3.68. The van der Waals surface area contributed by atoms with Crippen LogP contribution in [0.5, 0.6) is 0 Å². The SMILES string of the molecule is Clc1[c-]ccnc1Cl.O=S(=O)(O)O.[Na+]. The third-order valence-electron chi connectivity index (χ3n) is 0.654. The Morgan fingerprint density at radius 1 is 1.36 bits per heavy atom. The summed E-state index contributed by atoms with van der Waals surface area (Å²) in [5.41, 5.74) is 0. The fourth-order valence-electron chi connectivity index (χ4n) is 0.329. The first-order chi connectivity index (χ1) is 5.80. The molecule has 0 bridgehead atoms. The van der Waals surface area contributed by atoms with Crippen molar-refractivity contribution in [1.82, 2.24) is 4.98 Å². The van der Waals surface area contributed by atoms with Crippen molar-refractivity contribution in [1.29, 1.82) is 0 Å². The average molecular weight is 268 g/mol. The van der Waals surface area contributed by atoms with E-state index in [-0.39, 0.29) is 29.6 Å². The van der Waals surface area contributed by atoms with Crippen LogP contribution in [0.4, 0.5) is 0 Å². The number of hydrogen-bond donors (Lipinski definition) is 2. The zero-order chi connectivity index (χ0) is 10.5. The van der Waals surface area contributed by atoms with Crippen LogP contribution in [0.15, 0.2) is 12.3 Å². The molecule has 0 unspecified atom stereocenters. The minimum Gasteiger partial charge on any atom is -0.371 e. The molecule has 0 aliphatic rings. The van der Waals surface area contributed by atoms with E-state index in [1.165, 1.54) is 6.20 Å². The van der Waals surface area contributed by atoms with Gasteiger partial charge >= 0.3 is 40.0 Å². The van der Waals surface area contributed by atoms with Crippen molar-refractivity contribution < 1.29 is 47.1 Å². The third-order valence-corrected chi connectivity index (χ3v) is 1.33.